The maximum absolute atomic E-state index is 10.2. The maximum Gasteiger partial charge on any atom is 0.170 e. The molecule has 0 aromatic carbocycles. The molecule has 0 N–H and O–H groups in total. The third-order valence-electron chi connectivity index (χ3n) is 1.21. The number of allylic oxidation sites excluding steroid dienone is 1. The highest BCUT2D eigenvalue weighted by Crippen LogP contribution is 2.05. The van der Waals surface area contributed by atoms with Crippen molar-refractivity contribution in [2.24, 2.45) is 0 Å². The van der Waals surface area contributed by atoms with E-state index in [4.69, 9.17) is 0 Å². The Morgan fingerprint density at radius 2 is 2.36 bits per heavy atom. The first-order valence-corrected chi connectivity index (χ1v) is 3.17. The van der Waals surface area contributed by atoms with Gasteiger partial charge in [0, 0.05) is 0 Å². The lowest BCUT2D eigenvalue weighted by Gasteiger charge is -1.96. The second-order valence-corrected chi connectivity index (χ2v) is 2.23. The SMILES string of the molecule is C=C(C)c1cncc(C=O)n1. The van der Waals surface area contributed by atoms with E-state index < -0.39 is 0 Å². The number of rotatable bonds is 2. The van der Waals surface area contributed by atoms with Crippen LogP contribution in [0, 0.1) is 0 Å². The van der Waals surface area contributed by atoms with Crippen LogP contribution in [-0.2, 0) is 0 Å². The number of aldehydes is 1. The fourth-order valence-corrected chi connectivity index (χ4v) is 0.643. The minimum absolute atomic E-state index is 0.338. The van der Waals surface area contributed by atoms with Crippen molar-refractivity contribution < 1.29 is 4.79 Å². The van der Waals surface area contributed by atoms with Gasteiger partial charge in [0.25, 0.3) is 0 Å². The normalized spacial score (nSPS) is 9.18. The predicted molar refractivity (Wildman–Crippen MR) is 42.1 cm³/mol. The Labute approximate surface area is 64.8 Å². The summed E-state index contributed by atoms with van der Waals surface area (Å²) in [5.41, 5.74) is 1.81. The molecule has 3 nitrogen and oxygen atoms in total. The van der Waals surface area contributed by atoms with Gasteiger partial charge < -0.3 is 0 Å². The molecule has 0 amide bonds. The highest BCUT2D eigenvalue weighted by atomic mass is 16.1. The third-order valence-corrected chi connectivity index (χ3v) is 1.21. The monoisotopic (exact) mass is 148 g/mol. The predicted octanol–water partition coefficient (Wildman–Crippen LogP) is 1.32. The molecule has 1 aromatic heterocycles. The van der Waals surface area contributed by atoms with Crippen molar-refractivity contribution >= 4 is 11.9 Å². The standard InChI is InChI=1S/C8H8N2O/c1-6(2)8-4-9-3-7(5-11)10-8/h3-5H,1H2,2H3. The van der Waals surface area contributed by atoms with E-state index in [9.17, 15) is 4.79 Å². The van der Waals surface area contributed by atoms with Crippen LogP contribution in [-0.4, -0.2) is 16.3 Å². The van der Waals surface area contributed by atoms with Gasteiger partial charge in [-0.2, -0.15) is 0 Å². The Kier molecular flexibility index (Phi) is 2.11. The van der Waals surface area contributed by atoms with Gasteiger partial charge in [-0.05, 0) is 12.5 Å². The van der Waals surface area contributed by atoms with E-state index in [1.165, 1.54) is 6.20 Å². The first kappa shape index (κ1) is 7.60. The zero-order valence-electron chi connectivity index (χ0n) is 6.24. The summed E-state index contributed by atoms with van der Waals surface area (Å²) < 4.78 is 0. The Balaban J connectivity index is 3.10. The highest BCUT2D eigenvalue weighted by molar-refractivity contribution is 5.72. The number of carbonyl (C=O) groups excluding carboxylic acids is 1. The van der Waals surface area contributed by atoms with Crippen LogP contribution >= 0.6 is 0 Å². The Bertz CT molecular complexity index is 294. The molecule has 0 bridgehead atoms. The van der Waals surface area contributed by atoms with Gasteiger partial charge in [0.2, 0.25) is 0 Å². The molecule has 0 aliphatic carbocycles. The molecule has 0 fully saturated rings. The van der Waals surface area contributed by atoms with E-state index in [1.807, 2.05) is 6.92 Å². The number of nitrogens with zero attached hydrogens (tertiary/aromatic N) is 2. The van der Waals surface area contributed by atoms with Crippen LogP contribution in [0.15, 0.2) is 19.0 Å². The Morgan fingerprint density at radius 3 is 2.91 bits per heavy atom. The van der Waals surface area contributed by atoms with Crippen LogP contribution in [0.5, 0.6) is 0 Å². The molecule has 0 saturated carbocycles. The van der Waals surface area contributed by atoms with E-state index in [2.05, 4.69) is 16.5 Å². The van der Waals surface area contributed by atoms with Crippen molar-refractivity contribution in [2.75, 3.05) is 0 Å². The van der Waals surface area contributed by atoms with E-state index in [0.29, 0.717) is 17.7 Å². The van der Waals surface area contributed by atoms with Crippen LogP contribution in [0.25, 0.3) is 5.57 Å². The van der Waals surface area contributed by atoms with Crippen molar-refractivity contribution in [1.82, 2.24) is 9.97 Å². The first-order valence-electron chi connectivity index (χ1n) is 3.17. The second-order valence-electron chi connectivity index (χ2n) is 2.23. The summed E-state index contributed by atoms with van der Waals surface area (Å²) in [5, 5.41) is 0. The summed E-state index contributed by atoms with van der Waals surface area (Å²) >= 11 is 0. The van der Waals surface area contributed by atoms with Crippen LogP contribution < -0.4 is 0 Å². The van der Waals surface area contributed by atoms with Crippen LogP contribution in [0.3, 0.4) is 0 Å². The summed E-state index contributed by atoms with van der Waals surface area (Å²) in [7, 11) is 0. The molecule has 0 atom stereocenters. The summed E-state index contributed by atoms with van der Waals surface area (Å²) in [6, 6.07) is 0. The van der Waals surface area contributed by atoms with Gasteiger partial charge >= 0.3 is 0 Å². The van der Waals surface area contributed by atoms with Crippen molar-refractivity contribution in [3.63, 3.8) is 0 Å². The molecule has 0 aliphatic heterocycles. The number of hydrogen-bond acceptors (Lipinski definition) is 3. The van der Waals surface area contributed by atoms with Gasteiger partial charge in [-0.25, -0.2) is 4.98 Å². The molecule has 56 valence electrons. The summed E-state index contributed by atoms with van der Waals surface area (Å²) in [5.74, 6) is 0. The Morgan fingerprint density at radius 1 is 1.64 bits per heavy atom. The molecule has 0 aliphatic rings. The summed E-state index contributed by atoms with van der Waals surface area (Å²) in [6.07, 6.45) is 3.66. The summed E-state index contributed by atoms with van der Waals surface area (Å²) in [6.45, 7) is 5.50. The lowest BCUT2D eigenvalue weighted by molar-refractivity contribution is 0.111. The molecular weight excluding hydrogens is 140 g/mol. The van der Waals surface area contributed by atoms with Gasteiger partial charge in [0.15, 0.2) is 6.29 Å². The van der Waals surface area contributed by atoms with Gasteiger partial charge in [0.05, 0.1) is 18.1 Å². The molecule has 0 unspecified atom stereocenters. The molecule has 0 radical (unpaired) electrons. The lowest BCUT2D eigenvalue weighted by atomic mass is 10.2. The summed E-state index contributed by atoms with van der Waals surface area (Å²) in [4.78, 5) is 18.0. The van der Waals surface area contributed by atoms with E-state index >= 15 is 0 Å². The van der Waals surface area contributed by atoms with Gasteiger partial charge in [-0.1, -0.05) is 6.58 Å². The number of aromatic nitrogens is 2. The molecule has 11 heavy (non-hydrogen) atoms. The molecule has 0 spiro atoms. The molecule has 1 rings (SSSR count). The highest BCUT2D eigenvalue weighted by Gasteiger charge is 1.96. The third kappa shape index (κ3) is 1.70. The average molecular weight is 148 g/mol. The average Bonchev–Trinajstić information content (AvgIpc) is 2.05. The minimum atomic E-state index is 0.338. The van der Waals surface area contributed by atoms with Crippen molar-refractivity contribution in [2.45, 2.75) is 6.92 Å². The van der Waals surface area contributed by atoms with E-state index in [0.717, 1.165) is 5.57 Å². The van der Waals surface area contributed by atoms with Crippen molar-refractivity contribution in [3.05, 3.63) is 30.4 Å². The van der Waals surface area contributed by atoms with Crippen LogP contribution in [0.2, 0.25) is 0 Å². The zero-order chi connectivity index (χ0) is 8.27. The topological polar surface area (TPSA) is 42.9 Å². The number of hydrogen-bond donors (Lipinski definition) is 0. The van der Waals surface area contributed by atoms with E-state index in [-0.39, 0.29) is 0 Å². The van der Waals surface area contributed by atoms with Gasteiger partial charge in [-0.15, -0.1) is 0 Å². The largest absolute Gasteiger partial charge is 0.296 e. The lowest BCUT2D eigenvalue weighted by Crippen LogP contribution is -1.92. The minimum Gasteiger partial charge on any atom is -0.296 e. The zero-order valence-corrected chi connectivity index (χ0v) is 6.24. The maximum atomic E-state index is 10.2. The van der Waals surface area contributed by atoms with Crippen molar-refractivity contribution in [1.29, 1.82) is 0 Å². The Hall–Kier alpha value is -1.51. The fourth-order valence-electron chi connectivity index (χ4n) is 0.643. The van der Waals surface area contributed by atoms with E-state index in [1.54, 1.807) is 6.20 Å². The molecule has 1 aromatic rings. The molecule has 0 saturated heterocycles. The quantitative estimate of drug-likeness (QED) is 0.594. The first-order chi connectivity index (χ1) is 5.24. The van der Waals surface area contributed by atoms with Gasteiger partial charge in [0.1, 0.15) is 5.69 Å². The molecule has 3 heteroatoms. The van der Waals surface area contributed by atoms with Crippen LogP contribution in [0.1, 0.15) is 23.1 Å². The van der Waals surface area contributed by atoms with Crippen LogP contribution in [0.4, 0.5) is 0 Å². The number of carbonyl (C=O) groups is 1. The smallest absolute Gasteiger partial charge is 0.170 e. The fraction of sp³-hybridized carbons (Fsp3) is 0.125. The second kappa shape index (κ2) is 3.05. The molecule has 1 heterocycles. The van der Waals surface area contributed by atoms with Crippen molar-refractivity contribution in [3.8, 4) is 0 Å². The molecular formula is C8H8N2O. The van der Waals surface area contributed by atoms with Gasteiger partial charge in [-0.3, -0.25) is 9.78 Å².